The lowest BCUT2D eigenvalue weighted by atomic mass is 10.0. The number of hydrogen-bond donors (Lipinski definition) is 0. The van der Waals surface area contributed by atoms with Gasteiger partial charge in [0.05, 0.1) is 26.9 Å². The lowest BCUT2D eigenvalue weighted by Crippen LogP contribution is -2.05. The summed E-state index contributed by atoms with van der Waals surface area (Å²) in [5.41, 5.74) is 0.866. The van der Waals surface area contributed by atoms with Crippen LogP contribution in [-0.4, -0.2) is 27.1 Å². The molecule has 0 fully saturated rings. The van der Waals surface area contributed by atoms with Crippen LogP contribution >= 0.6 is 11.6 Å². The van der Waals surface area contributed by atoms with E-state index in [1.807, 2.05) is 0 Å². The van der Waals surface area contributed by atoms with E-state index in [4.69, 9.17) is 25.8 Å². The van der Waals surface area contributed by atoms with Crippen molar-refractivity contribution < 1.29 is 19.0 Å². The first kappa shape index (κ1) is 15.2. The maximum atomic E-state index is 12.6. The molecular weight excluding hydrogens is 292 g/mol. The van der Waals surface area contributed by atoms with Gasteiger partial charge in [-0.15, -0.1) is 0 Å². The molecule has 110 valence electrons. The normalized spacial score (nSPS) is 10.1. The first-order chi connectivity index (χ1) is 10.1. The number of rotatable bonds is 5. The molecular formula is C16H15ClO4. The minimum atomic E-state index is -0.199. The molecule has 2 rings (SSSR count). The fourth-order valence-corrected chi connectivity index (χ4v) is 2.31. The van der Waals surface area contributed by atoms with Gasteiger partial charge in [-0.25, -0.2) is 0 Å². The van der Waals surface area contributed by atoms with E-state index in [-0.39, 0.29) is 10.8 Å². The number of carbonyl (C=O) groups is 1. The molecule has 0 unspecified atom stereocenters. The first-order valence-electron chi connectivity index (χ1n) is 6.21. The molecule has 2 aromatic carbocycles. The monoisotopic (exact) mass is 306 g/mol. The number of ketones is 1. The van der Waals surface area contributed by atoms with Crippen LogP contribution in [0.15, 0.2) is 36.4 Å². The van der Waals surface area contributed by atoms with Gasteiger partial charge in [-0.2, -0.15) is 0 Å². The highest BCUT2D eigenvalue weighted by molar-refractivity contribution is 6.34. The Hall–Kier alpha value is -2.20. The molecule has 0 heterocycles. The van der Waals surface area contributed by atoms with Crippen molar-refractivity contribution in [2.75, 3.05) is 21.3 Å². The molecule has 0 aromatic heterocycles. The molecule has 0 aliphatic carbocycles. The van der Waals surface area contributed by atoms with Gasteiger partial charge < -0.3 is 14.2 Å². The Bertz CT molecular complexity index is 667. The molecule has 0 bridgehead atoms. The van der Waals surface area contributed by atoms with Gasteiger partial charge in [0.25, 0.3) is 0 Å². The topological polar surface area (TPSA) is 44.8 Å². The summed E-state index contributed by atoms with van der Waals surface area (Å²) in [7, 11) is 4.52. The second-order valence-corrected chi connectivity index (χ2v) is 4.60. The predicted molar refractivity (Wildman–Crippen MR) is 81.0 cm³/mol. The lowest BCUT2D eigenvalue weighted by Gasteiger charge is -2.12. The van der Waals surface area contributed by atoms with E-state index in [0.29, 0.717) is 28.4 Å². The van der Waals surface area contributed by atoms with Crippen LogP contribution in [0.4, 0.5) is 0 Å². The fraction of sp³-hybridized carbons (Fsp3) is 0.188. The van der Waals surface area contributed by atoms with Crippen LogP contribution in [0.1, 0.15) is 15.9 Å². The molecule has 4 nitrogen and oxygen atoms in total. The van der Waals surface area contributed by atoms with Gasteiger partial charge in [0, 0.05) is 5.56 Å². The molecule has 0 spiro atoms. The molecule has 5 heteroatoms. The first-order valence-corrected chi connectivity index (χ1v) is 6.59. The van der Waals surface area contributed by atoms with Gasteiger partial charge in [0.15, 0.2) is 11.5 Å². The van der Waals surface area contributed by atoms with Crippen LogP contribution in [-0.2, 0) is 0 Å². The van der Waals surface area contributed by atoms with Crippen LogP contribution in [0, 0.1) is 0 Å². The number of benzene rings is 2. The minimum Gasteiger partial charge on any atom is -0.497 e. The molecule has 21 heavy (non-hydrogen) atoms. The number of ether oxygens (including phenoxy) is 3. The average Bonchev–Trinajstić information content (AvgIpc) is 2.53. The van der Waals surface area contributed by atoms with Gasteiger partial charge in [0.1, 0.15) is 16.5 Å². The van der Waals surface area contributed by atoms with E-state index in [2.05, 4.69) is 0 Å². The highest BCUT2D eigenvalue weighted by atomic mass is 35.5. The van der Waals surface area contributed by atoms with Gasteiger partial charge in [-0.3, -0.25) is 4.79 Å². The minimum absolute atomic E-state index is 0.199. The summed E-state index contributed by atoms with van der Waals surface area (Å²) in [6, 6.07) is 10.2. The Morgan fingerprint density at radius 3 is 2.38 bits per heavy atom. The Balaban J connectivity index is 2.50. The van der Waals surface area contributed by atoms with Crippen molar-refractivity contribution in [1.29, 1.82) is 0 Å². The van der Waals surface area contributed by atoms with Crippen molar-refractivity contribution in [3.63, 3.8) is 0 Å². The third-order valence-electron chi connectivity index (χ3n) is 3.06. The second-order valence-electron chi connectivity index (χ2n) is 4.22. The summed E-state index contributed by atoms with van der Waals surface area (Å²) in [6.45, 7) is 0. The van der Waals surface area contributed by atoms with E-state index in [1.165, 1.54) is 14.2 Å². The molecule has 0 radical (unpaired) electrons. The van der Waals surface area contributed by atoms with Crippen LogP contribution in [0.3, 0.4) is 0 Å². The van der Waals surface area contributed by atoms with E-state index in [0.717, 1.165) is 0 Å². The number of hydrogen-bond acceptors (Lipinski definition) is 4. The van der Waals surface area contributed by atoms with Crippen molar-refractivity contribution in [2.24, 2.45) is 0 Å². The molecule has 0 saturated carbocycles. The molecule has 0 amide bonds. The van der Waals surface area contributed by atoms with Crippen LogP contribution in [0.5, 0.6) is 17.2 Å². The fourth-order valence-electron chi connectivity index (χ4n) is 1.99. The zero-order chi connectivity index (χ0) is 15.4. The third-order valence-corrected chi connectivity index (χ3v) is 3.42. The standard InChI is InChI=1S/C16H15ClO4/c1-19-11-6-4-5-10(9-11)15(18)12-7-8-13(20-2)14(17)16(12)21-3/h4-9H,1-3H3. The van der Waals surface area contributed by atoms with Gasteiger partial charge in [0.2, 0.25) is 0 Å². The summed E-state index contributed by atoms with van der Waals surface area (Å²) >= 11 is 6.18. The van der Waals surface area contributed by atoms with Crippen molar-refractivity contribution in [1.82, 2.24) is 0 Å². The Morgan fingerprint density at radius 1 is 1.00 bits per heavy atom. The molecule has 0 N–H and O–H groups in total. The van der Waals surface area contributed by atoms with Crippen molar-refractivity contribution >= 4 is 17.4 Å². The van der Waals surface area contributed by atoms with E-state index in [9.17, 15) is 4.79 Å². The average molecular weight is 307 g/mol. The maximum absolute atomic E-state index is 12.6. The molecule has 0 atom stereocenters. The van der Waals surface area contributed by atoms with Crippen molar-refractivity contribution in [3.8, 4) is 17.2 Å². The largest absolute Gasteiger partial charge is 0.497 e. The van der Waals surface area contributed by atoms with E-state index >= 15 is 0 Å². The highest BCUT2D eigenvalue weighted by Gasteiger charge is 2.20. The Kier molecular flexibility index (Phi) is 4.70. The second kappa shape index (κ2) is 6.50. The molecule has 0 aliphatic heterocycles. The Morgan fingerprint density at radius 2 is 1.76 bits per heavy atom. The summed E-state index contributed by atoms with van der Waals surface area (Å²) in [5.74, 6) is 1.16. The van der Waals surface area contributed by atoms with Gasteiger partial charge >= 0.3 is 0 Å². The lowest BCUT2D eigenvalue weighted by molar-refractivity contribution is 0.103. The van der Waals surface area contributed by atoms with Crippen molar-refractivity contribution in [2.45, 2.75) is 0 Å². The number of carbonyl (C=O) groups excluding carboxylic acids is 1. The van der Waals surface area contributed by atoms with Crippen LogP contribution in [0.25, 0.3) is 0 Å². The van der Waals surface area contributed by atoms with Gasteiger partial charge in [-0.05, 0) is 24.3 Å². The Labute approximate surface area is 128 Å². The highest BCUT2D eigenvalue weighted by Crippen LogP contribution is 2.37. The summed E-state index contributed by atoms with van der Waals surface area (Å²) in [5, 5.41) is 0.272. The SMILES string of the molecule is COc1cccc(C(=O)c2ccc(OC)c(Cl)c2OC)c1. The van der Waals surface area contributed by atoms with E-state index < -0.39 is 0 Å². The number of halogens is 1. The predicted octanol–water partition coefficient (Wildman–Crippen LogP) is 3.60. The zero-order valence-corrected chi connectivity index (χ0v) is 12.7. The molecule has 0 saturated heterocycles. The zero-order valence-electron chi connectivity index (χ0n) is 12.0. The summed E-state index contributed by atoms with van der Waals surface area (Å²) in [4.78, 5) is 12.6. The molecule has 0 aliphatic rings. The number of methoxy groups -OCH3 is 3. The third kappa shape index (κ3) is 2.95. The van der Waals surface area contributed by atoms with E-state index in [1.54, 1.807) is 43.5 Å². The maximum Gasteiger partial charge on any atom is 0.196 e. The summed E-state index contributed by atoms with van der Waals surface area (Å²) in [6.07, 6.45) is 0. The van der Waals surface area contributed by atoms with Gasteiger partial charge in [-0.1, -0.05) is 23.7 Å². The summed E-state index contributed by atoms with van der Waals surface area (Å²) < 4.78 is 15.5. The van der Waals surface area contributed by atoms with Crippen molar-refractivity contribution in [3.05, 3.63) is 52.5 Å². The van der Waals surface area contributed by atoms with Crippen LogP contribution in [0.2, 0.25) is 5.02 Å². The molecule has 2 aromatic rings. The van der Waals surface area contributed by atoms with Crippen LogP contribution < -0.4 is 14.2 Å². The smallest absolute Gasteiger partial charge is 0.196 e. The quantitative estimate of drug-likeness (QED) is 0.792.